The number of rotatable bonds is 5. The number of hydrogen-bond donors (Lipinski definition) is 0. The van der Waals surface area contributed by atoms with Gasteiger partial charge in [0, 0.05) is 56.3 Å². The molecule has 0 bridgehead atoms. The van der Waals surface area contributed by atoms with E-state index in [-0.39, 0.29) is 11.5 Å². The van der Waals surface area contributed by atoms with Gasteiger partial charge < -0.3 is 23.8 Å². The minimum atomic E-state index is -0.153. The summed E-state index contributed by atoms with van der Waals surface area (Å²) in [5, 5.41) is 0. The Morgan fingerprint density at radius 3 is 2.56 bits per heavy atom. The standard InChI is InChI=1S/C26H32N4O4/c1-19-24(34-16-15-33-19)26(32)29-12-7-23-21(18-29)17-22(20-5-8-27-9-6-20)25(31)30(23)14-13-28-10-3-2-4-11-28/h5-6,8-9,17H,2-4,7,10-16,18H2,1H3. The van der Waals surface area contributed by atoms with Gasteiger partial charge >= 0.3 is 0 Å². The van der Waals surface area contributed by atoms with E-state index in [9.17, 15) is 9.59 Å². The fraction of sp³-hybridized carbons (Fsp3) is 0.500. The number of pyridine rings is 2. The van der Waals surface area contributed by atoms with Gasteiger partial charge in [-0.25, -0.2) is 0 Å². The van der Waals surface area contributed by atoms with Crippen molar-refractivity contribution >= 4 is 5.91 Å². The van der Waals surface area contributed by atoms with Crippen LogP contribution in [0.15, 0.2) is 46.9 Å². The molecule has 1 fully saturated rings. The summed E-state index contributed by atoms with van der Waals surface area (Å²) in [6.45, 7) is 7.32. The molecule has 0 unspecified atom stereocenters. The lowest BCUT2D eigenvalue weighted by Gasteiger charge is -2.33. The summed E-state index contributed by atoms with van der Waals surface area (Å²) in [6, 6.07) is 5.69. The predicted molar refractivity (Wildman–Crippen MR) is 128 cm³/mol. The molecular formula is C26H32N4O4. The second-order valence-electron chi connectivity index (χ2n) is 9.18. The molecule has 1 amide bonds. The molecule has 5 heterocycles. The highest BCUT2D eigenvalue weighted by Gasteiger charge is 2.30. The number of carbonyl (C=O) groups is 1. The maximum atomic E-state index is 13.6. The van der Waals surface area contributed by atoms with E-state index in [4.69, 9.17) is 9.47 Å². The summed E-state index contributed by atoms with van der Waals surface area (Å²) in [5.74, 6) is 0.674. The Bertz CT molecular complexity index is 1140. The van der Waals surface area contributed by atoms with Gasteiger partial charge in [-0.2, -0.15) is 0 Å². The van der Waals surface area contributed by atoms with Crippen LogP contribution in [0.25, 0.3) is 11.1 Å². The van der Waals surface area contributed by atoms with E-state index in [0.717, 1.165) is 36.5 Å². The monoisotopic (exact) mass is 464 g/mol. The molecule has 0 saturated carbocycles. The van der Waals surface area contributed by atoms with Crippen LogP contribution in [0.4, 0.5) is 0 Å². The highest BCUT2D eigenvalue weighted by molar-refractivity contribution is 5.92. The zero-order valence-corrected chi connectivity index (χ0v) is 19.8. The summed E-state index contributed by atoms with van der Waals surface area (Å²) in [6.07, 6.45) is 7.79. The number of amides is 1. The summed E-state index contributed by atoms with van der Waals surface area (Å²) in [7, 11) is 0. The number of ether oxygens (including phenoxy) is 2. The first-order chi connectivity index (χ1) is 16.6. The molecule has 34 heavy (non-hydrogen) atoms. The predicted octanol–water partition coefficient (Wildman–Crippen LogP) is 2.56. The topological polar surface area (TPSA) is 76.9 Å². The highest BCUT2D eigenvalue weighted by atomic mass is 16.6. The number of allylic oxidation sites excluding steroid dienone is 1. The van der Waals surface area contributed by atoms with Gasteiger partial charge in [-0.1, -0.05) is 6.42 Å². The summed E-state index contributed by atoms with van der Waals surface area (Å²) in [5.41, 5.74) is 3.58. The first-order valence-corrected chi connectivity index (χ1v) is 12.3. The van der Waals surface area contributed by atoms with E-state index in [1.807, 2.05) is 22.8 Å². The molecule has 8 nitrogen and oxygen atoms in total. The van der Waals surface area contributed by atoms with E-state index in [0.29, 0.717) is 56.4 Å². The quantitative estimate of drug-likeness (QED) is 0.677. The largest absolute Gasteiger partial charge is 0.491 e. The van der Waals surface area contributed by atoms with Gasteiger partial charge in [-0.05, 0) is 62.2 Å². The minimum Gasteiger partial charge on any atom is -0.491 e. The molecule has 1 saturated heterocycles. The molecule has 3 aliphatic heterocycles. The van der Waals surface area contributed by atoms with Gasteiger partial charge in [0.05, 0.1) is 0 Å². The summed E-state index contributed by atoms with van der Waals surface area (Å²) in [4.78, 5) is 35.2. The first kappa shape index (κ1) is 22.7. The van der Waals surface area contributed by atoms with Crippen LogP contribution in [-0.4, -0.2) is 64.7 Å². The molecule has 0 aliphatic carbocycles. The average molecular weight is 465 g/mol. The van der Waals surface area contributed by atoms with Gasteiger partial charge in [0.15, 0.2) is 0 Å². The lowest BCUT2D eigenvalue weighted by molar-refractivity contribution is -0.133. The van der Waals surface area contributed by atoms with E-state index in [2.05, 4.69) is 9.88 Å². The van der Waals surface area contributed by atoms with Gasteiger partial charge in [0.2, 0.25) is 5.76 Å². The fourth-order valence-corrected chi connectivity index (χ4v) is 5.15. The van der Waals surface area contributed by atoms with Gasteiger partial charge in [0.25, 0.3) is 11.5 Å². The Morgan fingerprint density at radius 2 is 1.79 bits per heavy atom. The maximum absolute atomic E-state index is 13.6. The van der Waals surface area contributed by atoms with Crippen molar-refractivity contribution in [3.63, 3.8) is 0 Å². The molecular weight excluding hydrogens is 432 g/mol. The van der Waals surface area contributed by atoms with Crippen molar-refractivity contribution in [2.75, 3.05) is 39.4 Å². The number of carbonyl (C=O) groups excluding carboxylic acids is 1. The van der Waals surface area contributed by atoms with Crippen LogP contribution in [-0.2, 0) is 33.8 Å². The second kappa shape index (κ2) is 10.0. The Balaban J connectivity index is 1.47. The van der Waals surface area contributed by atoms with E-state index >= 15 is 0 Å². The van der Waals surface area contributed by atoms with Crippen LogP contribution in [0, 0.1) is 0 Å². The van der Waals surface area contributed by atoms with Gasteiger partial charge in [-0.3, -0.25) is 14.6 Å². The third-order valence-electron chi connectivity index (χ3n) is 7.00. The molecule has 5 rings (SSSR count). The van der Waals surface area contributed by atoms with Crippen LogP contribution >= 0.6 is 0 Å². The number of nitrogens with zero attached hydrogens (tertiary/aromatic N) is 4. The Morgan fingerprint density at radius 1 is 1.03 bits per heavy atom. The van der Waals surface area contributed by atoms with Crippen LogP contribution in [0.5, 0.6) is 0 Å². The zero-order chi connectivity index (χ0) is 23.5. The van der Waals surface area contributed by atoms with Crippen LogP contribution in [0.3, 0.4) is 0 Å². The maximum Gasteiger partial charge on any atom is 0.292 e. The summed E-state index contributed by atoms with van der Waals surface area (Å²) < 4.78 is 13.1. The van der Waals surface area contributed by atoms with Crippen molar-refractivity contribution in [1.29, 1.82) is 0 Å². The lowest BCUT2D eigenvalue weighted by atomic mass is 9.99. The van der Waals surface area contributed by atoms with Crippen molar-refractivity contribution in [1.82, 2.24) is 19.4 Å². The number of likely N-dealkylation sites (tertiary alicyclic amines) is 1. The van der Waals surface area contributed by atoms with Crippen molar-refractivity contribution < 1.29 is 14.3 Å². The number of aromatic nitrogens is 2. The van der Waals surface area contributed by atoms with E-state index in [1.54, 1.807) is 24.2 Å². The van der Waals surface area contributed by atoms with Crippen LogP contribution in [0.1, 0.15) is 37.4 Å². The highest BCUT2D eigenvalue weighted by Crippen LogP contribution is 2.26. The number of fused-ring (bicyclic) bond motifs is 1. The molecule has 180 valence electrons. The summed E-state index contributed by atoms with van der Waals surface area (Å²) >= 11 is 0. The SMILES string of the molecule is CC1=C(C(=O)N2CCc3c(cc(-c4ccncc4)c(=O)n3CCN3CCCCC3)C2)OCCO1. The van der Waals surface area contributed by atoms with Gasteiger partial charge in [-0.15, -0.1) is 0 Å². The third kappa shape index (κ3) is 4.59. The zero-order valence-electron chi connectivity index (χ0n) is 19.8. The smallest absolute Gasteiger partial charge is 0.292 e. The van der Waals surface area contributed by atoms with Crippen LogP contribution < -0.4 is 5.56 Å². The molecule has 8 heteroatoms. The Kier molecular flexibility index (Phi) is 6.67. The molecule has 0 N–H and O–H groups in total. The number of piperidine rings is 1. The fourth-order valence-electron chi connectivity index (χ4n) is 5.15. The van der Waals surface area contributed by atoms with Crippen molar-refractivity contribution in [3.05, 3.63) is 63.7 Å². The molecule has 0 spiro atoms. The molecule has 2 aromatic rings. The molecule has 0 atom stereocenters. The molecule has 3 aliphatic rings. The second-order valence-corrected chi connectivity index (χ2v) is 9.18. The number of hydrogen-bond acceptors (Lipinski definition) is 6. The Labute approximate surface area is 199 Å². The van der Waals surface area contributed by atoms with E-state index < -0.39 is 0 Å². The van der Waals surface area contributed by atoms with Crippen molar-refractivity contribution in [2.45, 2.75) is 45.7 Å². The average Bonchev–Trinajstić information content (AvgIpc) is 2.88. The van der Waals surface area contributed by atoms with Gasteiger partial charge in [0.1, 0.15) is 19.0 Å². The molecule has 0 radical (unpaired) electrons. The Hall–Kier alpha value is -3.13. The first-order valence-electron chi connectivity index (χ1n) is 12.3. The van der Waals surface area contributed by atoms with Crippen LogP contribution in [0.2, 0.25) is 0 Å². The third-order valence-corrected chi connectivity index (χ3v) is 7.00. The van der Waals surface area contributed by atoms with Crippen molar-refractivity contribution in [3.8, 4) is 11.1 Å². The van der Waals surface area contributed by atoms with Crippen molar-refractivity contribution in [2.24, 2.45) is 0 Å². The minimum absolute atomic E-state index is 0.0318. The lowest BCUT2D eigenvalue weighted by Crippen LogP contribution is -2.42. The molecule has 2 aromatic heterocycles. The molecule has 0 aromatic carbocycles. The van der Waals surface area contributed by atoms with E-state index in [1.165, 1.54) is 19.3 Å². The normalized spacial score (nSPS) is 18.8.